The monoisotopic (exact) mass is 380 g/mol. The Labute approximate surface area is 159 Å². The molecule has 1 amide bonds. The van der Waals surface area contributed by atoms with E-state index in [1.807, 2.05) is 65.6 Å². The van der Waals surface area contributed by atoms with Crippen LogP contribution in [-0.2, 0) is 0 Å². The SMILES string of the molecule is Cc1ccc(C(=O)Nc2cnc(C)n2-c2nc(-c3cccs3)cs2)cc1. The van der Waals surface area contributed by atoms with E-state index in [2.05, 4.69) is 10.3 Å². The van der Waals surface area contributed by atoms with Crippen LogP contribution in [0.15, 0.2) is 53.4 Å². The number of hydrogen-bond donors (Lipinski definition) is 1. The van der Waals surface area contributed by atoms with Crippen LogP contribution in [0.1, 0.15) is 21.7 Å². The first-order valence-electron chi connectivity index (χ1n) is 8.04. The maximum absolute atomic E-state index is 12.5. The highest BCUT2D eigenvalue weighted by atomic mass is 32.1. The van der Waals surface area contributed by atoms with Crippen molar-refractivity contribution in [2.75, 3.05) is 5.32 Å². The summed E-state index contributed by atoms with van der Waals surface area (Å²) in [5.74, 6) is 1.22. The Kier molecular flexibility index (Phi) is 4.40. The van der Waals surface area contributed by atoms with Gasteiger partial charge in [0.2, 0.25) is 0 Å². The lowest BCUT2D eigenvalue weighted by atomic mass is 10.1. The average molecular weight is 380 g/mol. The minimum Gasteiger partial charge on any atom is -0.306 e. The van der Waals surface area contributed by atoms with Gasteiger partial charge >= 0.3 is 0 Å². The molecule has 0 radical (unpaired) electrons. The van der Waals surface area contributed by atoms with Crippen molar-refractivity contribution in [1.29, 1.82) is 0 Å². The van der Waals surface area contributed by atoms with Crippen molar-refractivity contribution in [3.05, 3.63) is 70.3 Å². The maximum Gasteiger partial charge on any atom is 0.256 e. The minimum atomic E-state index is -0.166. The van der Waals surface area contributed by atoms with E-state index in [4.69, 9.17) is 4.98 Å². The summed E-state index contributed by atoms with van der Waals surface area (Å²) in [5, 5.41) is 7.77. The zero-order valence-electron chi connectivity index (χ0n) is 14.3. The van der Waals surface area contributed by atoms with Crippen molar-refractivity contribution in [2.45, 2.75) is 13.8 Å². The molecule has 26 heavy (non-hydrogen) atoms. The Morgan fingerprint density at radius 3 is 2.65 bits per heavy atom. The summed E-state index contributed by atoms with van der Waals surface area (Å²) in [5.41, 5.74) is 2.66. The van der Waals surface area contributed by atoms with Crippen molar-refractivity contribution in [3.8, 4) is 15.7 Å². The summed E-state index contributed by atoms with van der Waals surface area (Å²) in [6, 6.07) is 11.5. The molecule has 1 aromatic carbocycles. The zero-order chi connectivity index (χ0) is 18.1. The smallest absolute Gasteiger partial charge is 0.256 e. The predicted molar refractivity (Wildman–Crippen MR) is 106 cm³/mol. The van der Waals surface area contributed by atoms with Crippen molar-refractivity contribution in [2.24, 2.45) is 0 Å². The molecule has 0 saturated heterocycles. The maximum atomic E-state index is 12.5. The number of aryl methyl sites for hydroxylation is 2. The number of nitrogens with one attached hydrogen (secondary N) is 1. The zero-order valence-corrected chi connectivity index (χ0v) is 15.9. The molecule has 0 unspecified atom stereocenters. The number of anilines is 1. The Bertz CT molecular complexity index is 1050. The topological polar surface area (TPSA) is 59.8 Å². The van der Waals surface area contributed by atoms with Crippen LogP contribution >= 0.6 is 22.7 Å². The third kappa shape index (κ3) is 3.18. The summed E-state index contributed by atoms with van der Waals surface area (Å²) in [6.45, 7) is 3.89. The fourth-order valence-electron chi connectivity index (χ4n) is 2.57. The van der Waals surface area contributed by atoms with Crippen LogP contribution < -0.4 is 5.32 Å². The molecule has 7 heteroatoms. The Morgan fingerprint density at radius 2 is 1.92 bits per heavy atom. The van der Waals surface area contributed by atoms with E-state index < -0.39 is 0 Å². The Morgan fingerprint density at radius 1 is 1.12 bits per heavy atom. The molecule has 0 saturated carbocycles. The van der Waals surface area contributed by atoms with E-state index >= 15 is 0 Å². The van der Waals surface area contributed by atoms with Crippen LogP contribution in [0.25, 0.3) is 15.7 Å². The third-order valence-corrected chi connectivity index (χ3v) is 5.67. The highest BCUT2D eigenvalue weighted by molar-refractivity contribution is 7.15. The number of carbonyl (C=O) groups is 1. The molecule has 0 atom stereocenters. The summed E-state index contributed by atoms with van der Waals surface area (Å²) >= 11 is 3.18. The van der Waals surface area contributed by atoms with Gasteiger partial charge in [-0.25, -0.2) is 9.97 Å². The fraction of sp³-hybridized carbons (Fsp3) is 0.105. The van der Waals surface area contributed by atoms with Crippen LogP contribution in [0, 0.1) is 13.8 Å². The lowest BCUT2D eigenvalue weighted by Crippen LogP contribution is -2.15. The first kappa shape index (κ1) is 16.7. The van der Waals surface area contributed by atoms with Crippen LogP contribution in [0.4, 0.5) is 5.82 Å². The molecule has 0 spiro atoms. The molecule has 4 aromatic rings. The third-order valence-electron chi connectivity index (χ3n) is 3.95. The van der Waals surface area contributed by atoms with Crippen molar-refractivity contribution < 1.29 is 4.79 Å². The molecule has 0 aliphatic carbocycles. The molecule has 5 nitrogen and oxygen atoms in total. The number of thiophene rings is 1. The normalized spacial score (nSPS) is 10.8. The van der Waals surface area contributed by atoms with Gasteiger partial charge in [0.25, 0.3) is 5.91 Å². The largest absolute Gasteiger partial charge is 0.306 e. The molecule has 1 N–H and O–H groups in total. The number of amides is 1. The average Bonchev–Trinajstić information content (AvgIpc) is 3.36. The van der Waals surface area contributed by atoms with Crippen LogP contribution in [0.2, 0.25) is 0 Å². The first-order valence-corrected chi connectivity index (χ1v) is 9.80. The van der Waals surface area contributed by atoms with Gasteiger partial charge < -0.3 is 5.32 Å². The summed E-state index contributed by atoms with van der Waals surface area (Å²) in [4.78, 5) is 22.7. The lowest BCUT2D eigenvalue weighted by molar-refractivity contribution is 0.102. The van der Waals surface area contributed by atoms with Gasteiger partial charge in [0.1, 0.15) is 11.6 Å². The van der Waals surface area contributed by atoms with Gasteiger partial charge in [-0.15, -0.1) is 22.7 Å². The van der Waals surface area contributed by atoms with Crippen molar-refractivity contribution >= 4 is 34.4 Å². The second-order valence-corrected chi connectivity index (χ2v) is 7.62. The predicted octanol–water partition coefficient (Wildman–Crippen LogP) is 4.93. The lowest BCUT2D eigenvalue weighted by Gasteiger charge is -2.08. The van der Waals surface area contributed by atoms with E-state index in [0.29, 0.717) is 11.4 Å². The van der Waals surface area contributed by atoms with Gasteiger partial charge in [-0.3, -0.25) is 9.36 Å². The van der Waals surface area contributed by atoms with Gasteiger partial charge in [0.15, 0.2) is 5.13 Å². The van der Waals surface area contributed by atoms with Gasteiger partial charge in [-0.1, -0.05) is 23.8 Å². The quantitative estimate of drug-likeness (QED) is 0.546. The number of rotatable bonds is 4. The fourth-order valence-corrected chi connectivity index (χ4v) is 4.22. The molecule has 0 fully saturated rings. The standard InChI is InChI=1S/C19H16N4OS2/c1-12-5-7-14(8-6-12)18(24)22-17-10-20-13(2)23(17)19-21-15(11-26-19)16-4-3-9-25-16/h3-11H,1-2H3,(H,22,24). The van der Waals surface area contributed by atoms with E-state index in [1.165, 1.54) is 11.3 Å². The van der Waals surface area contributed by atoms with E-state index in [0.717, 1.165) is 27.1 Å². The number of nitrogens with zero attached hydrogens (tertiary/aromatic N) is 3. The van der Waals surface area contributed by atoms with E-state index in [-0.39, 0.29) is 5.91 Å². The van der Waals surface area contributed by atoms with Crippen molar-refractivity contribution in [3.63, 3.8) is 0 Å². The van der Waals surface area contributed by atoms with Crippen LogP contribution in [0.5, 0.6) is 0 Å². The summed E-state index contributed by atoms with van der Waals surface area (Å²) in [6.07, 6.45) is 1.66. The minimum absolute atomic E-state index is 0.166. The van der Waals surface area contributed by atoms with Crippen LogP contribution in [-0.4, -0.2) is 20.4 Å². The first-order chi connectivity index (χ1) is 12.6. The molecule has 0 bridgehead atoms. The molecule has 0 aliphatic rings. The van der Waals surface area contributed by atoms with Gasteiger partial charge in [0, 0.05) is 10.9 Å². The molecular weight excluding hydrogens is 364 g/mol. The summed E-state index contributed by atoms with van der Waals surface area (Å²) < 4.78 is 1.87. The van der Waals surface area contributed by atoms with E-state index in [9.17, 15) is 4.79 Å². The molecule has 0 aliphatic heterocycles. The van der Waals surface area contributed by atoms with Gasteiger partial charge in [-0.05, 0) is 37.4 Å². The molecular formula is C19H16N4OS2. The second kappa shape index (κ2) is 6.86. The number of hydrogen-bond acceptors (Lipinski definition) is 5. The van der Waals surface area contributed by atoms with E-state index in [1.54, 1.807) is 17.5 Å². The highest BCUT2D eigenvalue weighted by Gasteiger charge is 2.16. The number of carbonyl (C=O) groups excluding carboxylic acids is 1. The van der Waals surface area contributed by atoms with Crippen molar-refractivity contribution in [1.82, 2.24) is 14.5 Å². The Hall–Kier alpha value is -2.77. The van der Waals surface area contributed by atoms with Crippen LogP contribution in [0.3, 0.4) is 0 Å². The highest BCUT2D eigenvalue weighted by Crippen LogP contribution is 2.29. The van der Waals surface area contributed by atoms with Gasteiger partial charge in [-0.2, -0.15) is 0 Å². The summed E-state index contributed by atoms with van der Waals surface area (Å²) in [7, 11) is 0. The number of benzene rings is 1. The Balaban J connectivity index is 1.63. The second-order valence-electron chi connectivity index (χ2n) is 5.84. The number of aromatic nitrogens is 3. The molecule has 3 heterocycles. The van der Waals surface area contributed by atoms with Gasteiger partial charge in [0.05, 0.1) is 16.8 Å². The molecule has 3 aromatic heterocycles. The number of thiazole rings is 1. The molecule has 4 rings (SSSR count). The number of imidazole rings is 1. The molecule has 130 valence electrons.